The number of nitrogens with zero attached hydrogens (tertiary/aromatic N) is 1. The molecule has 2 rings (SSSR count). The Morgan fingerprint density at radius 3 is 2.39 bits per heavy atom. The van der Waals surface area contributed by atoms with Gasteiger partial charge in [0.05, 0.1) is 6.04 Å². The molecule has 1 atom stereocenters. The number of benzene rings is 1. The van der Waals surface area contributed by atoms with E-state index >= 15 is 0 Å². The first-order valence-corrected chi connectivity index (χ1v) is 6.53. The number of nitrogens with one attached hydrogen (secondary N) is 1. The second-order valence-corrected chi connectivity index (χ2v) is 5.07. The molecule has 1 aliphatic rings. The monoisotopic (exact) mass is 294 g/mol. The van der Waals surface area contributed by atoms with Crippen LogP contribution in [-0.2, 0) is 0 Å². The minimum atomic E-state index is -2.47. The summed E-state index contributed by atoms with van der Waals surface area (Å²) < 4.78 is 26.6. The Bertz CT molecular complexity index is 409. The smallest absolute Gasteiger partial charge is 0.258 e. The average molecular weight is 295 g/mol. The molecule has 0 spiro atoms. The van der Waals surface area contributed by atoms with Gasteiger partial charge in [-0.2, -0.15) is 0 Å². The van der Waals surface area contributed by atoms with Crippen LogP contribution in [0.5, 0.6) is 0 Å². The van der Waals surface area contributed by atoms with Gasteiger partial charge in [0.25, 0.3) is 6.43 Å². The van der Waals surface area contributed by atoms with Gasteiger partial charge in [-0.25, -0.2) is 8.78 Å². The second kappa shape index (κ2) is 6.15. The van der Waals surface area contributed by atoms with Crippen LogP contribution >= 0.6 is 23.2 Å². The van der Waals surface area contributed by atoms with Crippen molar-refractivity contribution in [1.82, 2.24) is 10.2 Å². The molecule has 100 valence electrons. The van der Waals surface area contributed by atoms with E-state index < -0.39 is 12.5 Å². The van der Waals surface area contributed by atoms with Crippen LogP contribution < -0.4 is 5.32 Å². The van der Waals surface area contributed by atoms with E-state index in [0.29, 0.717) is 41.8 Å². The van der Waals surface area contributed by atoms with Crippen molar-refractivity contribution in [3.63, 3.8) is 0 Å². The molecule has 1 heterocycles. The maximum absolute atomic E-state index is 13.3. The predicted molar refractivity (Wildman–Crippen MR) is 69.6 cm³/mol. The van der Waals surface area contributed by atoms with Crippen LogP contribution in [0.25, 0.3) is 0 Å². The molecule has 18 heavy (non-hydrogen) atoms. The van der Waals surface area contributed by atoms with Crippen LogP contribution in [0.2, 0.25) is 10.0 Å². The number of alkyl halides is 2. The van der Waals surface area contributed by atoms with Gasteiger partial charge in [0.15, 0.2) is 0 Å². The third-order valence-electron chi connectivity index (χ3n) is 3.06. The van der Waals surface area contributed by atoms with Gasteiger partial charge >= 0.3 is 0 Å². The van der Waals surface area contributed by atoms with E-state index in [1.54, 1.807) is 17.0 Å². The summed E-state index contributed by atoms with van der Waals surface area (Å²) in [4.78, 5) is 1.76. The number of hydrogen-bond donors (Lipinski definition) is 1. The van der Waals surface area contributed by atoms with Crippen molar-refractivity contribution in [2.24, 2.45) is 0 Å². The van der Waals surface area contributed by atoms with E-state index in [1.807, 2.05) is 0 Å². The van der Waals surface area contributed by atoms with Crippen LogP contribution in [0.4, 0.5) is 8.78 Å². The molecular formula is C12H14Cl2F2N2. The number of halogens is 4. The van der Waals surface area contributed by atoms with Crippen molar-refractivity contribution in [1.29, 1.82) is 0 Å². The molecule has 0 aliphatic carbocycles. The largest absolute Gasteiger partial charge is 0.314 e. The van der Waals surface area contributed by atoms with Crippen molar-refractivity contribution >= 4 is 23.2 Å². The fourth-order valence-electron chi connectivity index (χ4n) is 2.19. The first-order chi connectivity index (χ1) is 8.59. The van der Waals surface area contributed by atoms with Gasteiger partial charge in [-0.05, 0) is 17.7 Å². The Labute approximate surface area is 115 Å². The summed E-state index contributed by atoms with van der Waals surface area (Å²) >= 11 is 11.8. The van der Waals surface area contributed by atoms with Crippen LogP contribution in [-0.4, -0.2) is 37.5 Å². The average Bonchev–Trinajstić information content (AvgIpc) is 2.33. The zero-order chi connectivity index (χ0) is 13.1. The number of piperazine rings is 1. The molecule has 0 bridgehead atoms. The van der Waals surface area contributed by atoms with Crippen molar-refractivity contribution in [2.45, 2.75) is 12.5 Å². The lowest BCUT2D eigenvalue weighted by Crippen LogP contribution is -2.47. The zero-order valence-electron chi connectivity index (χ0n) is 9.67. The lowest BCUT2D eigenvalue weighted by Gasteiger charge is -2.35. The molecule has 1 saturated heterocycles. The zero-order valence-corrected chi connectivity index (χ0v) is 11.2. The summed E-state index contributed by atoms with van der Waals surface area (Å²) in [6.45, 7) is 2.62. The van der Waals surface area contributed by atoms with E-state index in [0.717, 1.165) is 0 Å². The number of rotatable bonds is 3. The fraction of sp³-hybridized carbons (Fsp3) is 0.500. The molecular weight excluding hydrogens is 281 g/mol. The molecule has 1 fully saturated rings. The Balaban J connectivity index is 2.28. The molecule has 0 unspecified atom stereocenters. The van der Waals surface area contributed by atoms with Gasteiger partial charge in [0.1, 0.15) is 0 Å². The summed E-state index contributed by atoms with van der Waals surface area (Å²) in [5.74, 6) is 0. The third kappa shape index (κ3) is 3.12. The van der Waals surface area contributed by atoms with E-state index in [1.165, 1.54) is 6.07 Å². The third-order valence-corrected chi connectivity index (χ3v) is 3.63. The molecule has 1 N–H and O–H groups in total. The summed E-state index contributed by atoms with van der Waals surface area (Å²) in [7, 11) is 0. The Morgan fingerprint density at radius 2 is 1.83 bits per heavy atom. The predicted octanol–water partition coefficient (Wildman–Crippen LogP) is 3.20. The normalized spacial score (nSPS) is 19.2. The van der Waals surface area contributed by atoms with Gasteiger partial charge in [0.2, 0.25) is 0 Å². The molecule has 1 aromatic rings. The maximum atomic E-state index is 13.3. The lowest BCUT2D eigenvalue weighted by atomic mass is 10.0. The van der Waals surface area contributed by atoms with E-state index in [9.17, 15) is 8.78 Å². The van der Waals surface area contributed by atoms with Gasteiger partial charge in [0, 0.05) is 36.2 Å². The molecule has 0 amide bonds. The van der Waals surface area contributed by atoms with E-state index in [2.05, 4.69) is 5.32 Å². The SMILES string of the molecule is FC(F)[C@@H](c1ccc(Cl)cc1Cl)N1CCNCC1. The highest BCUT2D eigenvalue weighted by molar-refractivity contribution is 6.35. The maximum Gasteiger partial charge on any atom is 0.258 e. The lowest BCUT2D eigenvalue weighted by molar-refractivity contribution is 0.0182. The van der Waals surface area contributed by atoms with Crippen molar-refractivity contribution in [3.8, 4) is 0 Å². The first kappa shape index (κ1) is 14.0. The van der Waals surface area contributed by atoms with Crippen LogP contribution in [0.1, 0.15) is 11.6 Å². The Morgan fingerprint density at radius 1 is 1.17 bits per heavy atom. The molecule has 0 aromatic heterocycles. The highest BCUT2D eigenvalue weighted by atomic mass is 35.5. The molecule has 1 aromatic carbocycles. The molecule has 0 radical (unpaired) electrons. The molecule has 0 saturated carbocycles. The molecule has 2 nitrogen and oxygen atoms in total. The van der Waals surface area contributed by atoms with Crippen molar-refractivity contribution in [2.75, 3.05) is 26.2 Å². The van der Waals surface area contributed by atoms with Gasteiger partial charge < -0.3 is 5.32 Å². The first-order valence-electron chi connectivity index (χ1n) is 5.77. The number of hydrogen-bond acceptors (Lipinski definition) is 2. The fourth-order valence-corrected chi connectivity index (χ4v) is 2.71. The topological polar surface area (TPSA) is 15.3 Å². The quantitative estimate of drug-likeness (QED) is 0.921. The van der Waals surface area contributed by atoms with E-state index in [4.69, 9.17) is 23.2 Å². The summed E-state index contributed by atoms with van der Waals surface area (Å²) in [6, 6.07) is 3.73. The molecule has 6 heteroatoms. The minimum Gasteiger partial charge on any atom is -0.314 e. The van der Waals surface area contributed by atoms with Gasteiger partial charge in [-0.1, -0.05) is 29.3 Å². The van der Waals surface area contributed by atoms with E-state index in [-0.39, 0.29) is 0 Å². The van der Waals surface area contributed by atoms with Crippen molar-refractivity contribution in [3.05, 3.63) is 33.8 Å². The van der Waals surface area contributed by atoms with Crippen LogP contribution in [0.3, 0.4) is 0 Å². The standard InChI is InChI=1S/C12H14Cl2F2N2/c13-8-1-2-9(10(14)7-8)11(12(15)16)18-5-3-17-4-6-18/h1-2,7,11-12,17H,3-6H2/t11-/m1/s1. The summed E-state index contributed by atoms with van der Waals surface area (Å²) in [6.07, 6.45) is -2.47. The Kier molecular flexibility index (Phi) is 4.78. The second-order valence-electron chi connectivity index (χ2n) is 4.23. The summed E-state index contributed by atoms with van der Waals surface area (Å²) in [5.41, 5.74) is 0.443. The van der Waals surface area contributed by atoms with Crippen LogP contribution in [0.15, 0.2) is 18.2 Å². The Hall–Kier alpha value is -0.420. The minimum absolute atomic E-state index is 0.298. The highest BCUT2D eigenvalue weighted by Crippen LogP contribution is 2.34. The molecule has 1 aliphatic heterocycles. The summed E-state index contributed by atoms with van der Waals surface area (Å²) in [5, 5.41) is 3.90. The van der Waals surface area contributed by atoms with Crippen molar-refractivity contribution < 1.29 is 8.78 Å². The van der Waals surface area contributed by atoms with Gasteiger partial charge in [-0.15, -0.1) is 0 Å². The van der Waals surface area contributed by atoms with Crippen LogP contribution in [0, 0.1) is 0 Å². The van der Waals surface area contributed by atoms with Gasteiger partial charge in [-0.3, -0.25) is 4.90 Å². The highest BCUT2D eigenvalue weighted by Gasteiger charge is 2.31.